The molecule has 0 fully saturated rings. The van der Waals surface area contributed by atoms with E-state index in [1.54, 1.807) is 19.9 Å². The number of anilines is 2. The van der Waals surface area contributed by atoms with E-state index in [1.165, 1.54) is 30.3 Å². The molecule has 26 heavy (non-hydrogen) atoms. The fourth-order valence-electron chi connectivity index (χ4n) is 2.07. The van der Waals surface area contributed by atoms with Crippen molar-refractivity contribution in [2.45, 2.75) is 25.2 Å². The second-order valence-electron chi connectivity index (χ2n) is 5.22. The van der Waals surface area contributed by atoms with Gasteiger partial charge >= 0.3 is 0 Å². The van der Waals surface area contributed by atoms with Crippen LogP contribution in [0.3, 0.4) is 0 Å². The maximum atomic E-state index is 12.7. The molecule has 2 aromatic carbocycles. The van der Waals surface area contributed by atoms with Crippen molar-refractivity contribution in [2.24, 2.45) is 0 Å². The number of sulfonamides is 1. The lowest BCUT2D eigenvalue weighted by atomic mass is 10.3. The molecule has 9 heteroatoms. The molecule has 0 atom stereocenters. The standard InChI is InChI=1S/C17H18Cl2N2O4S/c1-3-17(22)20-15-10-12(6-8-16(15)25-4-2)26(23,24)21-14-9-11(18)5-7-13(14)19/h5-10,21H,3-4H2,1-2H3,(H,20,22). The van der Waals surface area contributed by atoms with E-state index in [-0.39, 0.29) is 33.6 Å². The van der Waals surface area contributed by atoms with E-state index in [9.17, 15) is 13.2 Å². The highest BCUT2D eigenvalue weighted by Gasteiger charge is 2.19. The number of hydrogen-bond donors (Lipinski definition) is 2. The molecule has 0 saturated carbocycles. The van der Waals surface area contributed by atoms with Crippen molar-refractivity contribution in [1.82, 2.24) is 0 Å². The summed E-state index contributed by atoms with van der Waals surface area (Å²) in [6, 6.07) is 8.66. The first-order valence-corrected chi connectivity index (χ1v) is 10.0. The van der Waals surface area contributed by atoms with E-state index in [2.05, 4.69) is 10.0 Å². The zero-order valence-electron chi connectivity index (χ0n) is 14.2. The molecule has 1 amide bonds. The first-order chi connectivity index (χ1) is 12.3. The van der Waals surface area contributed by atoms with Crippen molar-refractivity contribution in [3.8, 4) is 5.75 Å². The fraction of sp³-hybridized carbons (Fsp3) is 0.235. The molecule has 0 radical (unpaired) electrons. The van der Waals surface area contributed by atoms with Crippen molar-refractivity contribution in [1.29, 1.82) is 0 Å². The molecule has 2 N–H and O–H groups in total. The first kappa shape index (κ1) is 20.4. The van der Waals surface area contributed by atoms with Gasteiger partial charge in [-0.1, -0.05) is 30.1 Å². The molecule has 0 aromatic heterocycles. The number of halogens is 2. The Morgan fingerprint density at radius 2 is 1.81 bits per heavy atom. The molecule has 0 spiro atoms. The topological polar surface area (TPSA) is 84.5 Å². The van der Waals surface area contributed by atoms with E-state index < -0.39 is 10.0 Å². The Morgan fingerprint density at radius 1 is 1.08 bits per heavy atom. The van der Waals surface area contributed by atoms with Crippen LogP contribution in [0.1, 0.15) is 20.3 Å². The maximum absolute atomic E-state index is 12.7. The Kier molecular flexibility index (Phi) is 6.75. The summed E-state index contributed by atoms with van der Waals surface area (Å²) < 4.78 is 33.2. The average molecular weight is 417 g/mol. The molecule has 0 aliphatic rings. The van der Waals surface area contributed by atoms with Crippen LogP contribution < -0.4 is 14.8 Å². The predicted octanol–water partition coefficient (Wildman–Crippen LogP) is 4.54. The smallest absolute Gasteiger partial charge is 0.262 e. The summed E-state index contributed by atoms with van der Waals surface area (Å²) in [5, 5.41) is 3.19. The zero-order valence-corrected chi connectivity index (χ0v) is 16.5. The van der Waals surface area contributed by atoms with Gasteiger partial charge in [-0.3, -0.25) is 9.52 Å². The normalized spacial score (nSPS) is 11.1. The molecule has 0 unspecified atom stereocenters. The number of rotatable bonds is 7. The number of hydrogen-bond acceptors (Lipinski definition) is 4. The Bertz CT molecular complexity index is 917. The number of carbonyl (C=O) groups is 1. The second-order valence-corrected chi connectivity index (χ2v) is 7.75. The third-order valence-corrected chi connectivity index (χ3v) is 5.26. The quantitative estimate of drug-likeness (QED) is 0.693. The highest BCUT2D eigenvalue weighted by Crippen LogP contribution is 2.31. The van der Waals surface area contributed by atoms with E-state index >= 15 is 0 Å². The minimum Gasteiger partial charge on any atom is -0.492 e. The van der Waals surface area contributed by atoms with E-state index in [0.717, 1.165) is 0 Å². The van der Waals surface area contributed by atoms with Gasteiger partial charge in [-0.25, -0.2) is 8.42 Å². The van der Waals surface area contributed by atoms with E-state index in [1.807, 2.05) is 0 Å². The van der Waals surface area contributed by atoms with Crippen LogP contribution in [0.5, 0.6) is 5.75 Å². The van der Waals surface area contributed by atoms with Crippen LogP contribution in [-0.4, -0.2) is 20.9 Å². The van der Waals surface area contributed by atoms with Crippen molar-refractivity contribution in [3.63, 3.8) is 0 Å². The molecule has 0 saturated heterocycles. The molecule has 0 bridgehead atoms. The average Bonchev–Trinajstić information content (AvgIpc) is 2.59. The number of nitrogens with one attached hydrogen (secondary N) is 2. The van der Waals surface area contributed by atoms with Crippen LogP contribution in [0.4, 0.5) is 11.4 Å². The van der Waals surface area contributed by atoms with Gasteiger partial charge in [0.1, 0.15) is 5.75 Å². The molecule has 6 nitrogen and oxygen atoms in total. The Hall–Kier alpha value is -1.96. The van der Waals surface area contributed by atoms with E-state index in [0.29, 0.717) is 17.4 Å². The van der Waals surface area contributed by atoms with Gasteiger partial charge in [-0.05, 0) is 43.3 Å². The van der Waals surface area contributed by atoms with E-state index in [4.69, 9.17) is 27.9 Å². The monoisotopic (exact) mass is 416 g/mol. The molecule has 0 aliphatic carbocycles. The summed E-state index contributed by atoms with van der Waals surface area (Å²) in [6.45, 7) is 3.86. The summed E-state index contributed by atoms with van der Waals surface area (Å²) in [4.78, 5) is 11.7. The lowest BCUT2D eigenvalue weighted by molar-refractivity contribution is -0.115. The molecular formula is C17H18Cl2N2O4S. The van der Waals surface area contributed by atoms with Crippen LogP contribution in [0.2, 0.25) is 10.0 Å². The first-order valence-electron chi connectivity index (χ1n) is 7.81. The van der Waals surface area contributed by atoms with Gasteiger partial charge in [0.25, 0.3) is 10.0 Å². The van der Waals surface area contributed by atoms with Crippen molar-refractivity contribution < 1.29 is 17.9 Å². The summed E-state index contributed by atoms with van der Waals surface area (Å²) >= 11 is 11.9. The van der Waals surface area contributed by atoms with Crippen molar-refractivity contribution >= 4 is 50.5 Å². The highest BCUT2D eigenvalue weighted by molar-refractivity contribution is 7.92. The van der Waals surface area contributed by atoms with Crippen LogP contribution in [0.25, 0.3) is 0 Å². The van der Waals surface area contributed by atoms with Crippen LogP contribution in [-0.2, 0) is 14.8 Å². The second kappa shape index (κ2) is 8.62. The Morgan fingerprint density at radius 3 is 2.46 bits per heavy atom. The van der Waals surface area contributed by atoms with Gasteiger partial charge in [0.2, 0.25) is 5.91 Å². The van der Waals surface area contributed by atoms with Gasteiger partial charge in [0.15, 0.2) is 0 Å². The van der Waals surface area contributed by atoms with Gasteiger partial charge < -0.3 is 10.1 Å². The molecule has 2 rings (SSSR count). The largest absolute Gasteiger partial charge is 0.492 e. The third kappa shape index (κ3) is 5.03. The SMILES string of the molecule is CCOc1ccc(S(=O)(=O)Nc2cc(Cl)ccc2Cl)cc1NC(=O)CC. The van der Waals surface area contributed by atoms with Gasteiger partial charge in [-0.15, -0.1) is 0 Å². The fourth-order valence-corrected chi connectivity index (χ4v) is 3.56. The highest BCUT2D eigenvalue weighted by atomic mass is 35.5. The summed E-state index contributed by atoms with van der Waals surface area (Å²) in [6.07, 6.45) is 0.249. The molecule has 0 heterocycles. The van der Waals surface area contributed by atoms with Crippen molar-refractivity contribution in [2.75, 3.05) is 16.6 Å². The number of amides is 1. The third-order valence-electron chi connectivity index (χ3n) is 3.33. The molecule has 0 aliphatic heterocycles. The Labute approximate surface area is 162 Å². The maximum Gasteiger partial charge on any atom is 0.262 e. The predicted molar refractivity (Wildman–Crippen MR) is 104 cm³/mol. The summed E-state index contributed by atoms with van der Waals surface area (Å²) in [5.74, 6) is 0.125. The minimum atomic E-state index is -3.95. The lowest BCUT2D eigenvalue weighted by Gasteiger charge is -2.14. The molecule has 2 aromatic rings. The number of ether oxygens (including phenoxy) is 1. The van der Waals surface area contributed by atoms with Crippen molar-refractivity contribution in [3.05, 3.63) is 46.4 Å². The Balaban J connectivity index is 2.40. The lowest BCUT2D eigenvalue weighted by Crippen LogP contribution is -2.15. The zero-order chi connectivity index (χ0) is 19.3. The number of carbonyl (C=O) groups excluding carboxylic acids is 1. The molecular weight excluding hydrogens is 399 g/mol. The van der Waals surface area contributed by atoms with Crippen LogP contribution in [0, 0.1) is 0 Å². The molecule has 140 valence electrons. The van der Waals surface area contributed by atoms with Gasteiger partial charge in [-0.2, -0.15) is 0 Å². The summed E-state index contributed by atoms with van der Waals surface area (Å²) in [5.41, 5.74) is 0.436. The summed E-state index contributed by atoms with van der Waals surface area (Å²) in [7, 11) is -3.95. The minimum absolute atomic E-state index is 0.0524. The van der Waals surface area contributed by atoms with Gasteiger partial charge in [0.05, 0.1) is 27.9 Å². The van der Waals surface area contributed by atoms with Gasteiger partial charge in [0, 0.05) is 11.4 Å². The van der Waals surface area contributed by atoms with Crippen LogP contribution in [0.15, 0.2) is 41.3 Å². The number of benzene rings is 2. The van der Waals surface area contributed by atoms with Crippen LogP contribution >= 0.6 is 23.2 Å².